The number of carboxylic acids is 1. The highest BCUT2D eigenvalue weighted by molar-refractivity contribution is 9.10. The van der Waals surface area contributed by atoms with Crippen LogP contribution in [0.15, 0.2) is 87.2 Å². The van der Waals surface area contributed by atoms with Gasteiger partial charge in [0.1, 0.15) is 0 Å². The minimum atomic E-state index is -0.957. The van der Waals surface area contributed by atoms with E-state index in [9.17, 15) is 14.4 Å². The molecule has 0 aliphatic carbocycles. The molecule has 0 spiro atoms. The number of carboxylic acid groups (broad SMARTS) is 1. The molecule has 192 valence electrons. The lowest BCUT2D eigenvalue weighted by molar-refractivity contribution is -0.137. The Labute approximate surface area is 231 Å². The van der Waals surface area contributed by atoms with E-state index in [1.165, 1.54) is 5.01 Å². The van der Waals surface area contributed by atoms with Crippen LogP contribution >= 0.6 is 27.5 Å². The van der Waals surface area contributed by atoms with Crippen LogP contribution in [0.2, 0.25) is 5.02 Å². The molecule has 3 aromatic carbocycles. The topological polar surface area (TPSA) is 103 Å². The third-order valence-corrected chi connectivity index (χ3v) is 7.29. The van der Waals surface area contributed by atoms with E-state index in [-0.39, 0.29) is 30.7 Å². The highest BCUT2D eigenvalue weighted by atomic mass is 79.9. The number of amides is 1. The van der Waals surface area contributed by atoms with E-state index in [2.05, 4.69) is 20.9 Å². The number of hydrogen-bond acceptors (Lipinski definition) is 4. The number of hydrazone groups is 1. The molecule has 1 aromatic heterocycles. The Morgan fingerprint density at radius 2 is 1.76 bits per heavy atom. The van der Waals surface area contributed by atoms with Crippen LogP contribution in [-0.4, -0.2) is 32.7 Å². The van der Waals surface area contributed by atoms with Gasteiger partial charge in [-0.15, -0.1) is 0 Å². The number of nitrogens with one attached hydrogen (secondary N) is 1. The molecule has 2 heterocycles. The van der Waals surface area contributed by atoms with Gasteiger partial charge < -0.3 is 10.1 Å². The first-order valence-corrected chi connectivity index (χ1v) is 13.3. The number of aromatic nitrogens is 1. The van der Waals surface area contributed by atoms with Gasteiger partial charge in [0, 0.05) is 45.2 Å². The van der Waals surface area contributed by atoms with E-state index in [0.29, 0.717) is 33.8 Å². The van der Waals surface area contributed by atoms with Crippen LogP contribution in [0.1, 0.15) is 42.9 Å². The van der Waals surface area contributed by atoms with Crippen molar-refractivity contribution in [3.05, 3.63) is 104 Å². The first kappa shape index (κ1) is 25.9. The minimum Gasteiger partial charge on any atom is -0.481 e. The summed E-state index contributed by atoms with van der Waals surface area (Å²) in [7, 11) is 0. The van der Waals surface area contributed by atoms with E-state index in [4.69, 9.17) is 21.8 Å². The lowest BCUT2D eigenvalue weighted by atomic mass is 9.91. The van der Waals surface area contributed by atoms with Crippen molar-refractivity contribution >= 4 is 56.0 Å². The smallest absolute Gasteiger partial charge is 0.303 e. The van der Waals surface area contributed by atoms with Crippen molar-refractivity contribution in [2.45, 2.75) is 31.7 Å². The maximum atomic E-state index is 13.6. The normalized spacial score (nSPS) is 15.1. The number of pyridine rings is 1. The third kappa shape index (κ3) is 5.28. The maximum Gasteiger partial charge on any atom is 0.303 e. The number of fused-ring (bicyclic) bond motifs is 1. The Kier molecular flexibility index (Phi) is 7.44. The number of hydrogen-bond donors (Lipinski definition) is 2. The van der Waals surface area contributed by atoms with Crippen LogP contribution in [0.3, 0.4) is 0 Å². The van der Waals surface area contributed by atoms with Crippen LogP contribution in [0.5, 0.6) is 0 Å². The fourth-order valence-corrected chi connectivity index (χ4v) is 5.22. The van der Waals surface area contributed by atoms with E-state index < -0.39 is 12.0 Å². The summed E-state index contributed by atoms with van der Waals surface area (Å²) < 4.78 is 0.897. The number of H-pyrrole nitrogens is 1. The maximum absolute atomic E-state index is 13.6. The number of aliphatic carboxylic acids is 1. The molecule has 0 fully saturated rings. The van der Waals surface area contributed by atoms with Crippen LogP contribution in [0.4, 0.5) is 0 Å². The summed E-state index contributed by atoms with van der Waals surface area (Å²) in [5.74, 6) is -1.25. The zero-order valence-corrected chi connectivity index (χ0v) is 22.5. The molecular formula is C29H23BrClN3O4. The third-order valence-electron chi connectivity index (χ3n) is 6.53. The van der Waals surface area contributed by atoms with Gasteiger partial charge in [0.05, 0.1) is 17.3 Å². The predicted molar refractivity (Wildman–Crippen MR) is 151 cm³/mol. The van der Waals surface area contributed by atoms with Gasteiger partial charge in [-0.2, -0.15) is 5.10 Å². The zero-order chi connectivity index (χ0) is 26.8. The number of halogens is 2. The second-order valence-corrected chi connectivity index (χ2v) is 10.4. The summed E-state index contributed by atoms with van der Waals surface area (Å²) in [6, 6.07) is 22.0. The molecule has 7 nitrogen and oxygen atoms in total. The Bertz CT molecular complexity index is 1620. The van der Waals surface area contributed by atoms with Crippen molar-refractivity contribution in [2.75, 3.05) is 0 Å². The van der Waals surface area contributed by atoms with Gasteiger partial charge >= 0.3 is 5.97 Å². The molecule has 0 saturated heterocycles. The molecule has 2 N–H and O–H groups in total. The van der Waals surface area contributed by atoms with Gasteiger partial charge in [0.25, 0.3) is 5.56 Å². The quantitative estimate of drug-likeness (QED) is 0.254. The highest BCUT2D eigenvalue weighted by Crippen LogP contribution is 2.38. The number of benzene rings is 3. The number of rotatable bonds is 7. The van der Waals surface area contributed by atoms with Gasteiger partial charge in [0.15, 0.2) is 0 Å². The van der Waals surface area contributed by atoms with Gasteiger partial charge in [-0.25, -0.2) is 5.01 Å². The minimum absolute atomic E-state index is 0.0331. The van der Waals surface area contributed by atoms with E-state index in [1.54, 1.807) is 12.1 Å². The molecular weight excluding hydrogens is 570 g/mol. The van der Waals surface area contributed by atoms with Crippen molar-refractivity contribution in [1.29, 1.82) is 0 Å². The van der Waals surface area contributed by atoms with Crippen molar-refractivity contribution < 1.29 is 14.7 Å². The standard InChI is InChI=1S/C29H23BrClN3O4/c30-19-11-9-17(10-12-19)24-16-23(33-34(24)25(35)7-4-8-26(36)37)28-27(18-5-2-1-3-6-18)21-15-20(31)13-14-22(21)32-29(28)38/h1-3,5-6,9-15,24H,4,7-8,16H2,(H,32,38)(H,36,37)/t24-/m0/s1. The van der Waals surface area contributed by atoms with Crippen molar-refractivity contribution in [3.8, 4) is 11.1 Å². The molecule has 1 atom stereocenters. The number of carbonyl (C=O) groups excluding carboxylic acids is 1. The van der Waals surface area contributed by atoms with Gasteiger partial charge in [-0.3, -0.25) is 14.4 Å². The molecule has 0 saturated carbocycles. The molecule has 4 aromatic rings. The summed E-state index contributed by atoms with van der Waals surface area (Å²) in [6.45, 7) is 0. The number of aromatic amines is 1. The van der Waals surface area contributed by atoms with Crippen LogP contribution in [0.25, 0.3) is 22.0 Å². The molecule has 1 amide bonds. The molecule has 0 bridgehead atoms. The fourth-order valence-electron chi connectivity index (χ4n) is 4.79. The van der Waals surface area contributed by atoms with Crippen molar-refractivity contribution in [3.63, 3.8) is 0 Å². The summed E-state index contributed by atoms with van der Waals surface area (Å²) in [5, 5.41) is 16.4. The van der Waals surface area contributed by atoms with Crippen molar-refractivity contribution in [1.82, 2.24) is 9.99 Å². The van der Waals surface area contributed by atoms with E-state index >= 15 is 0 Å². The molecule has 0 unspecified atom stereocenters. The first-order chi connectivity index (χ1) is 18.3. The first-order valence-electron chi connectivity index (χ1n) is 12.1. The summed E-state index contributed by atoms with van der Waals surface area (Å²) in [5.41, 5.74) is 3.58. The molecule has 5 rings (SSSR count). The fraction of sp³-hybridized carbons (Fsp3) is 0.172. The summed E-state index contributed by atoms with van der Waals surface area (Å²) in [6.07, 6.45) is 0.446. The zero-order valence-electron chi connectivity index (χ0n) is 20.2. The Morgan fingerprint density at radius 3 is 2.47 bits per heavy atom. The second kappa shape index (κ2) is 10.9. The lowest BCUT2D eigenvalue weighted by Crippen LogP contribution is -2.27. The highest BCUT2D eigenvalue weighted by Gasteiger charge is 2.35. The molecule has 9 heteroatoms. The Morgan fingerprint density at radius 1 is 1.03 bits per heavy atom. The molecule has 1 aliphatic heterocycles. The SMILES string of the molecule is O=C(O)CCCC(=O)N1N=C(c2c(-c3ccccc3)c3cc(Cl)ccc3[nH]c2=O)C[C@H]1c1ccc(Br)cc1. The number of carbonyl (C=O) groups is 2. The van der Waals surface area contributed by atoms with Crippen LogP contribution in [-0.2, 0) is 9.59 Å². The monoisotopic (exact) mass is 591 g/mol. The molecule has 1 aliphatic rings. The Balaban J connectivity index is 1.66. The average molecular weight is 593 g/mol. The molecule has 0 radical (unpaired) electrons. The van der Waals surface area contributed by atoms with E-state index in [0.717, 1.165) is 21.0 Å². The summed E-state index contributed by atoms with van der Waals surface area (Å²) >= 11 is 9.81. The van der Waals surface area contributed by atoms with Gasteiger partial charge in [-0.1, -0.05) is 70.0 Å². The lowest BCUT2D eigenvalue weighted by Gasteiger charge is -2.22. The number of nitrogens with zero attached hydrogens (tertiary/aromatic N) is 2. The van der Waals surface area contributed by atoms with Crippen LogP contribution < -0.4 is 5.56 Å². The van der Waals surface area contributed by atoms with Crippen molar-refractivity contribution in [2.24, 2.45) is 5.10 Å². The second-order valence-electron chi connectivity index (χ2n) is 9.06. The van der Waals surface area contributed by atoms with E-state index in [1.807, 2.05) is 60.7 Å². The van der Waals surface area contributed by atoms with Gasteiger partial charge in [0.2, 0.25) is 5.91 Å². The Hall–Kier alpha value is -3.75. The average Bonchev–Trinajstić information content (AvgIpc) is 3.34. The molecule has 38 heavy (non-hydrogen) atoms. The largest absolute Gasteiger partial charge is 0.481 e. The predicted octanol–water partition coefficient (Wildman–Crippen LogP) is 6.54. The van der Waals surface area contributed by atoms with Crippen LogP contribution in [0, 0.1) is 0 Å². The summed E-state index contributed by atoms with van der Waals surface area (Å²) in [4.78, 5) is 40.8. The van der Waals surface area contributed by atoms with Gasteiger partial charge in [-0.05, 0) is 47.9 Å².